The molecule has 1 heterocycles. The molecule has 33 heavy (non-hydrogen) atoms. The number of aromatic nitrogens is 3. The number of nitrogens with two attached hydrogens (primary N) is 1. The third-order valence-corrected chi connectivity index (χ3v) is 6.07. The first kappa shape index (κ1) is 24.6. The van der Waals surface area contributed by atoms with Crippen LogP contribution in [-0.2, 0) is 23.4 Å². The number of hydrogen-bond donors (Lipinski definition) is 1. The van der Waals surface area contributed by atoms with Gasteiger partial charge in [0.25, 0.3) is 0 Å². The van der Waals surface area contributed by atoms with Crippen LogP contribution in [0.2, 0.25) is 0 Å². The van der Waals surface area contributed by atoms with Gasteiger partial charge in [-0.05, 0) is 47.7 Å². The first-order valence-electron chi connectivity index (χ1n) is 10.7. The van der Waals surface area contributed by atoms with E-state index in [1.165, 1.54) is 34.1 Å². The van der Waals surface area contributed by atoms with Gasteiger partial charge in [0.05, 0.1) is 5.75 Å². The lowest BCUT2D eigenvalue weighted by atomic mass is 9.87. The van der Waals surface area contributed by atoms with E-state index >= 15 is 0 Å². The quantitative estimate of drug-likeness (QED) is 0.373. The standard InChI is InChI=1S/C24H30FN5O2S/c1-5-29(14-17-7-6-8-19(25)13-17)22(31)16-33-23-28-27-21(30(23)26)15-32-20-11-9-18(10-12-20)24(2,3)4/h6-13H,5,14-16,26H2,1-4H3. The van der Waals surface area contributed by atoms with Gasteiger partial charge in [0.2, 0.25) is 11.1 Å². The minimum absolute atomic E-state index is 0.0736. The minimum atomic E-state index is -0.318. The average Bonchev–Trinajstić information content (AvgIpc) is 3.13. The molecule has 0 saturated heterocycles. The van der Waals surface area contributed by atoms with E-state index in [0.29, 0.717) is 29.8 Å². The van der Waals surface area contributed by atoms with Gasteiger partial charge in [-0.2, -0.15) is 0 Å². The van der Waals surface area contributed by atoms with Crippen molar-refractivity contribution in [2.75, 3.05) is 18.1 Å². The van der Waals surface area contributed by atoms with E-state index in [-0.39, 0.29) is 29.5 Å². The third-order valence-electron chi connectivity index (χ3n) is 5.15. The van der Waals surface area contributed by atoms with Crippen LogP contribution in [0, 0.1) is 5.82 Å². The van der Waals surface area contributed by atoms with Crippen LogP contribution in [-0.4, -0.2) is 38.0 Å². The summed E-state index contributed by atoms with van der Waals surface area (Å²) >= 11 is 1.20. The molecule has 3 rings (SSSR count). The summed E-state index contributed by atoms with van der Waals surface area (Å²) in [6.45, 7) is 9.37. The van der Waals surface area contributed by atoms with E-state index in [4.69, 9.17) is 10.6 Å². The molecular formula is C24H30FN5O2S. The van der Waals surface area contributed by atoms with Gasteiger partial charge in [0, 0.05) is 13.1 Å². The van der Waals surface area contributed by atoms with E-state index < -0.39 is 0 Å². The number of benzene rings is 2. The van der Waals surface area contributed by atoms with Crippen molar-refractivity contribution in [2.24, 2.45) is 0 Å². The van der Waals surface area contributed by atoms with Gasteiger partial charge in [-0.1, -0.05) is 56.8 Å². The lowest BCUT2D eigenvalue weighted by Crippen LogP contribution is -2.32. The van der Waals surface area contributed by atoms with Crippen molar-refractivity contribution in [3.63, 3.8) is 0 Å². The number of nitrogen functional groups attached to an aromatic ring is 1. The molecule has 1 aromatic heterocycles. The van der Waals surface area contributed by atoms with E-state index in [2.05, 4.69) is 31.0 Å². The third kappa shape index (κ3) is 6.71. The fourth-order valence-corrected chi connectivity index (χ4v) is 3.93. The van der Waals surface area contributed by atoms with Crippen LogP contribution in [0.25, 0.3) is 0 Å². The number of halogens is 1. The van der Waals surface area contributed by atoms with Gasteiger partial charge in [0.1, 0.15) is 18.2 Å². The summed E-state index contributed by atoms with van der Waals surface area (Å²) in [6.07, 6.45) is 0. The lowest BCUT2D eigenvalue weighted by molar-refractivity contribution is -0.128. The van der Waals surface area contributed by atoms with Crippen molar-refractivity contribution in [1.82, 2.24) is 19.8 Å². The normalized spacial score (nSPS) is 11.4. The SMILES string of the molecule is CCN(Cc1cccc(F)c1)C(=O)CSc1nnc(COc2ccc(C(C)(C)C)cc2)n1N. The fourth-order valence-electron chi connectivity index (χ4n) is 3.15. The van der Waals surface area contributed by atoms with Crippen LogP contribution < -0.4 is 10.6 Å². The molecule has 0 fully saturated rings. The smallest absolute Gasteiger partial charge is 0.233 e. The minimum Gasteiger partial charge on any atom is -0.486 e. The van der Waals surface area contributed by atoms with Crippen LogP contribution in [0.1, 0.15) is 44.6 Å². The maximum absolute atomic E-state index is 13.4. The lowest BCUT2D eigenvalue weighted by Gasteiger charge is -2.20. The van der Waals surface area contributed by atoms with E-state index in [1.54, 1.807) is 17.0 Å². The van der Waals surface area contributed by atoms with E-state index in [1.807, 2.05) is 31.2 Å². The number of carbonyl (C=O) groups is 1. The molecule has 1 amide bonds. The number of ether oxygens (including phenoxy) is 1. The summed E-state index contributed by atoms with van der Waals surface area (Å²) in [6, 6.07) is 14.2. The Morgan fingerprint density at radius 2 is 1.91 bits per heavy atom. The highest BCUT2D eigenvalue weighted by molar-refractivity contribution is 7.99. The molecule has 3 aromatic rings. The molecular weight excluding hydrogens is 441 g/mol. The summed E-state index contributed by atoms with van der Waals surface area (Å²) < 4.78 is 20.6. The molecule has 7 nitrogen and oxygen atoms in total. The number of hydrogen-bond acceptors (Lipinski definition) is 6. The molecule has 9 heteroatoms. The Labute approximate surface area is 198 Å². The van der Waals surface area contributed by atoms with Gasteiger partial charge in [-0.15, -0.1) is 10.2 Å². The van der Waals surface area contributed by atoms with Crippen molar-refractivity contribution in [1.29, 1.82) is 0 Å². The zero-order valence-corrected chi connectivity index (χ0v) is 20.2. The highest BCUT2D eigenvalue weighted by Crippen LogP contribution is 2.25. The Hall–Kier alpha value is -3.07. The van der Waals surface area contributed by atoms with Gasteiger partial charge in [-0.3, -0.25) is 4.79 Å². The maximum Gasteiger partial charge on any atom is 0.233 e. The van der Waals surface area contributed by atoms with Crippen LogP contribution in [0.15, 0.2) is 53.7 Å². The van der Waals surface area contributed by atoms with Crippen LogP contribution in [0.3, 0.4) is 0 Å². The number of thioether (sulfide) groups is 1. The second-order valence-corrected chi connectivity index (χ2v) is 9.60. The molecule has 0 saturated carbocycles. The Bertz CT molecular complexity index is 1080. The van der Waals surface area contributed by atoms with Crippen LogP contribution in [0.4, 0.5) is 4.39 Å². The van der Waals surface area contributed by atoms with Crippen molar-refractivity contribution >= 4 is 17.7 Å². The number of rotatable bonds is 9. The number of carbonyl (C=O) groups excluding carboxylic acids is 1. The Balaban J connectivity index is 1.54. The molecule has 0 radical (unpaired) electrons. The van der Waals surface area contributed by atoms with Crippen molar-refractivity contribution in [3.8, 4) is 5.75 Å². The van der Waals surface area contributed by atoms with Gasteiger partial charge in [-0.25, -0.2) is 9.07 Å². The summed E-state index contributed by atoms with van der Waals surface area (Å²) in [5.41, 5.74) is 2.04. The van der Waals surface area contributed by atoms with Crippen molar-refractivity contribution < 1.29 is 13.9 Å². The second kappa shape index (κ2) is 10.7. The highest BCUT2D eigenvalue weighted by atomic mass is 32.2. The first-order valence-corrected chi connectivity index (χ1v) is 11.7. The highest BCUT2D eigenvalue weighted by Gasteiger charge is 2.17. The van der Waals surface area contributed by atoms with E-state index in [9.17, 15) is 9.18 Å². The molecule has 0 spiro atoms. The molecule has 176 valence electrons. The number of amides is 1. The van der Waals surface area contributed by atoms with Crippen molar-refractivity contribution in [2.45, 2.75) is 51.4 Å². The van der Waals surface area contributed by atoms with Gasteiger partial charge in [0.15, 0.2) is 5.82 Å². The zero-order chi connectivity index (χ0) is 24.0. The fraction of sp³-hybridized carbons (Fsp3) is 0.375. The molecule has 0 unspecified atom stereocenters. The molecule has 0 aliphatic carbocycles. The Kier molecular flexibility index (Phi) is 7.97. The Morgan fingerprint density at radius 1 is 1.18 bits per heavy atom. The molecule has 0 bridgehead atoms. The second-order valence-electron chi connectivity index (χ2n) is 8.66. The van der Waals surface area contributed by atoms with Crippen LogP contribution >= 0.6 is 11.8 Å². The van der Waals surface area contributed by atoms with Gasteiger partial charge < -0.3 is 15.5 Å². The first-order chi connectivity index (χ1) is 15.7. The predicted octanol–water partition coefficient (Wildman–Crippen LogP) is 4.15. The van der Waals surface area contributed by atoms with Crippen LogP contribution in [0.5, 0.6) is 5.75 Å². The molecule has 0 aliphatic heterocycles. The van der Waals surface area contributed by atoms with Crippen molar-refractivity contribution in [3.05, 3.63) is 71.3 Å². The summed E-state index contributed by atoms with van der Waals surface area (Å²) in [4.78, 5) is 14.3. The topological polar surface area (TPSA) is 86.3 Å². The van der Waals surface area contributed by atoms with E-state index in [0.717, 1.165) is 5.56 Å². The average molecular weight is 472 g/mol. The summed E-state index contributed by atoms with van der Waals surface area (Å²) in [5.74, 6) is 7.01. The molecule has 0 atom stereocenters. The molecule has 0 aliphatic rings. The largest absolute Gasteiger partial charge is 0.486 e. The monoisotopic (exact) mass is 471 g/mol. The molecule has 2 N–H and O–H groups in total. The predicted molar refractivity (Wildman–Crippen MR) is 128 cm³/mol. The summed E-state index contributed by atoms with van der Waals surface area (Å²) in [7, 11) is 0. The number of nitrogens with zero attached hydrogens (tertiary/aromatic N) is 4. The zero-order valence-electron chi connectivity index (χ0n) is 19.4. The summed E-state index contributed by atoms with van der Waals surface area (Å²) in [5, 5.41) is 8.58. The molecule has 2 aromatic carbocycles. The Morgan fingerprint density at radius 3 is 2.55 bits per heavy atom. The maximum atomic E-state index is 13.4. The van der Waals surface area contributed by atoms with Gasteiger partial charge >= 0.3 is 0 Å².